The lowest BCUT2D eigenvalue weighted by Crippen LogP contribution is -2.14. The summed E-state index contributed by atoms with van der Waals surface area (Å²) in [5.74, 6) is 0.495. The van der Waals surface area contributed by atoms with Crippen molar-refractivity contribution in [3.05, 3.63) is 225 Å². The second-order valence-electron chi connectivity index (χ2n) is 18.4. The second-order valence-corrected chi connectivity index (χ2v) is 18.4. The zero-order valence-electron chi connectivity index (χ0n) is 39.9. The smallest absolute Gasteiger partial charge is 0.0543 e. The average Bonchev–Trinajstić information content (AvgIpc) is 3.91. The lowest BCUT2D eigenvalue weighted by Gasteiger charge is -2.31. The molecule has 3 aliphatic carbocycles. The van der Waals surface area contributed by atoms with E-state index in [0.717, 1.165) is 12.8 Å². The first-order valence-corrected chi connectivity index (χ1v) is 23.9. The van der Waals surface area contributed by atoms with Crippen LogP contribution in [0.4, 0.5) is 17.1 Å². The minimum Gasteiger partial charge on any atom is -0.309 e. The summed E-state index contributed by atoms with van der Waals surface area (Å²) in [5, 5.41) is 8.06. The molecule has 0 bridgehead atoms. The standard InChI is InChI=1S/C40H33N.C14H14.C8H10.C2H6/c1-24(2)30-21-28-16-18-31-26(4)20-38(34-19-17-29(22-30)39(28)40(31)34)41(36-14-8-5-10-25(36)3)37-15-9-13-33-32-12-7-6-11-27(32)23-35(33)37;1-10-5-4-8-13-12-7-3-2-6-11(12)9-14(10)13;1-7-5-3-4-6-8(7)2;1-2/h5-22,24H,23H2,1-4H3;2,4-6,8H,3,7,9H2,1H3;3-6H,1-2H3;1-2H3. The van der Waals surface area contributed by atoms with Crippen LogP contribution in [0.25, 0.3) is 49.0 Å². The van der Waals surface area contributed by atoms with Crippen molar-refractivity contribution >= 4 is 55.0 Å². The Morgan fingerprint density at radius 3 is 1.77 bits per heavy atom. The molecule has 3 aliphatic rings. The van der Waals surface area contributed by atoms with Gasteiger partial charge in [0.2, 0.25) is 0 Å². The number of anilines is 3. The minimum absolute atomic E-state index is 0.495. The van der Waals surface area contributed by atoms with Crippen LogP contribution in [0, 0.1) is 34.6 Å². The van der Waals surface area contributed by atoms with E-state index < -0.39 is 0 Å². The quantitative estimate of drug-likeness (QED) is 0.160. The van der Waals surface area contributed by atoms with E-state index in [1.807, 2.05) is 13.8 Å². The van der Waals surface area contributed by atoms with E-state index in [2.05, 4.69) is 217 Å². The van der Waals surface area contributed by atoms with E-state index >= 15 is 0 Å². The lowest BCUT2D eigenvalue weighted by atomic mass is 9.88. The third-order valence-electron chi connectivity index (χ3n) is 14.1. The van der Waals surface area contributed by atoms with Crippen LogP contribution >= 0.6 is 0 Å². The second kappa shape index (κ2) is 18.4. The van der Waals surface area contributed by atoms with Crippen molar-refractivity contribution < 1.29 is 0 Å². The van der Waals surface area contributed by atoms with Gasteiger partial charge in [-0.3, -0.25) is 0 Å². The Bertz CT molecular complexity index is 3220. The fraction of sp³-hybridized carbons (Fsp3) is 0.219. The van der Waals surface area contributed by atoms with E-state index in [1.54, 1.807) is 16.7 Å². The maximum Gasteiger partial charge on any atom is 0.0543 e. The van der Waals surface area contributed by atoms with Crippen molar-refractivity contribution in [2.75, 3.05) is 4.90 Å². The SMILES string of the molecule is CC.Cc1cccc2c1CC1=C2CCC=C1.Cc1ccccc1C.Cc1ccccc1N(c1cccc2c1Cc1ccccc1-2)c1cc(C)c2ccc3cc(C(C)C)cc4ccc1c2c34. The van der Waals surface area contributed by atoms with Crippen LogP contribution in [0.1, 0.15) is 102 Å². The lowest BCUT2D eigenvalue weighted by molar-refractivity contribution is 0.870. The van der Waals surface area contributed by atoms with Gasteiger partial charge >= 0.3 is 0 Å². The van der Waals surface area contributed by atoms with Gasteiger partial charge in [-0.1, -0.05) is 173 Å². The molecule has 0 saturated heterocycles. The largest absolute Gasteiger partial charge is 0.309 e. The molecule has 12 rings (SSSR count). The van der Waals surface area contributed by atoms with Gasteiger partial charge in [-0.15, -0.1) is 0 Å². The highest BCUT2D eigenvalue weighted by atomic mass is 15.1. The normalized spacial score (nSPS) is 13.1. The fourth-order valence-electron chi connectivity index (χ4n) is 10.4. The topological polar surface area (TPSA) is 3.24 Å². The Labute approximate surface area is 388 Å². The summed E-state index contributed by atoms with van der Waals surface area (Å²) in [6.45, 7) is 19.5. The molecule has 0 fully saturated rings. The first kappa shape index (κ1) is 43.5. The molecule has 0 atom stereocenters. The summed E-state index contributed by atoms with van der Waals surface area (Å²) >= 11 is 0. The highest BCUT2D eigenvalue weighted by Gasteiger charge is 2.27. The van der Waals surface area contributed by atoms with E-state index in [4.69, 9.17) is 0 Å². The average molecular weight is 846 g/mol. The van der Waals surface area contributed by atoms with E-state index in [-0.39, 0.29) is 0 Å². The zero-order chi connectivity index (χ0) is 45.4. The molecule has 0 spiro atoms. The molecule has 1 heteroatoms. The molecule has 0 radical (unpaired) electrons. The molecule has 0 unspecified atom stereocenters. The summed E-state index contributed by atoms with van der Waals surface area (Å²) < 4.78 is 0. The number of nitrogens with zero attached hydrogens (tertiary/aromatic N) is 1. The van der Waals surface area contributed by atoms with Gasteiger partial charge < -0.3 is 4.90 Å². The van der Waals surface area contributed by atoms with Crippen molar-refractivity contribution in [2.45, 2.75) is 93.9 Å². The molecular formula is C64H63N. The molecular weight excluding hydrogens is 783 g/mol. The number of aryl methyl sites for hydroxylation is 5. The molecule has 0 amide bonds. The highest BCUT2D eigenvalue weighted by Crippen LogP contribution is 2.50. The molecule has 0 heterocycles. The van der Waals surface area contributed by atoms with Gasteiger partial charge in [-0.2, -0.15) is 0 Å². The highest BCUT2D eigenvalue weighted by molar-refractivity contribution is 6.26. The fourth-order valence-corrected chi connectivity index (χ4v) is 10.4. The molecule has 9 aromatic carbocycles. The number of hydrogen-bond acceptors (Lipinski definition) is 1. The molecule has 0 saturated carbocycles. The summed E-state index contributed by atoms with van der Waals surface area (Å²) in [6.07, 6.45) is 9.19. The number of allylic oxidation sites excluding steroid dienone is 4. The third kappa shape index (κ3) is 8.08. The van der Waals surface area contributed by atoms with Gasteiger partial charge in [0, 0.05) is 17.5 Å². The third-order valence-corrected chi connectivity index (χ3v) is 14.1. The van der Waals surface area contributed by atoms with Crippen LogP contribution in [0.2, 0.25) is 0 Å². The Morgan fingerprint density at radius 1 is 0.462 bits per heavy atom. The van der Waals surface area contributed by atoms with Crippen molar-refractivity contribution in [3.63, 3.8) is 0 Å². The summed E-state index contributed by atoms with van der Waals surface area (Å²) in [4.78, 5) is 2.54. The van der Waals surface area contributed by atoms with Crippen LogP contribution in [0.3, 0.4) is 0 Å². The molecule has 65 heavy (non-hydrogen) atoms. The number of rotatable bonds is 4. The zero-order valence-corrected chi connectivity index (χ0v) is 39.9. The predicted molar refractivity (Wildman–Crippen MR) is 284 cm³/mol. The van der Waals surface area contributed by atoms with Crippen LogP contribution in [0.5, 0.6) is 0 Å². The van der Waals surface area contributed by atoms with Crippen molar-refractivity contribution in [1.29, 1.82) is 0 Å². The molecule has 324 valence electrons. The van der Waals surface area contributed by atoms with E-state index in [0.29, 0.717) is 5.92 Å². The number of benzene rings is 9. The van der Waals surface area contributed by atoms with Crippen LogP contribution < -0.4 is 4.90 Å². The van der Waals surface area contributed by atoms with Crippen LogP contribution in [0.15, 0.2) is 169 Å². The Kier molecular flexibility index (Phi) is 12.3. The van der Waals surface area contributed by atoms with Gasteiger partial charge in [0.25, 0.3) is 0 Å². The Balaban J connectivity index is 0.000000180. The molecule has 1 nitrogen and oxygen atoms in total. The maximum atomic E-state index is 2.54. The van der Waals surface area contributed by atoms with E-state index in [9.17, 15) is 0 Å². The first-order valence-electron chi connectivity index (χ1n) is 23.9. The molecule has 0 aliphatic heterocycles. The number of fused-ring (bicyclic) bond motifs is 5. The van der Waals surface area contributed by atoms with Crippen molar-refractivity contribution in [2.24, 2.45) is 0 Å². The monoisotopic (exact) mass is 845 g/mol. The van der Waals surface area contributed by atoms with Gasteiger partial charge in [0.1, 0.15) is 0 Å². The van der Waals surface area contributed by atoms with Crippen molar-refractivity contribution in [3.8, 4) is 11.1 Å². The van der Waals surface area contributed by atoms with Crippen molar-refractivity contribution in [1.82, 2.24) is 0 Å². The van der Waals surface area contributed by atoms with E-state index in [1.165, 1.54) is 123 Å². The van der Waals surface area contributed by atoms with Gasteiger partial charge in [-0.05, 0) is 183 Å². The van der Waals surface area contributed by atoms with Gasteiger partial charge in [-0.25, -0.2) is 0 Å². The van der Waals surface area contributed by atoms with Crippen LogP contribution in [-0.4, -0.2) is 0 Å². The summed E-state index contributed by atoms with van der Waals surface area (Å²) in [5.41, 5.74) is 23.7. The first-order chi connectivity index (χ1) is 31.7. The molecule has 0 N–H and O–H groups in total. The minimum atomic E-state index is 0.495. The predicted octanol–water partition coefficient (Wildman–Crippen LogP) is 18.3. The number of para-hydroxylation sites is 1. The van der Waals surface area contributed by atoms with Gasteiger partial charge in [0.05, 0.1) is 11.4 Å². The van der Waals surface area contributed by atoms with Crippen LogP contribution in [-0.2, 0) is 12.8 Å². The Morgan fingerprint density at radius 2 is 1.06 bits per heavy atom. The number of hydrogen-bond donors (Lipinski definition) is 0. The summed E-state index contributed by atoms with van der Waals surface area (Å²) in [7, 11) is 0. The molecule has 9 aromatic rings. The molecule has 0 aromatic heterocycles. The van der Waals surface area contributed by atoms with Gasteiger partial charge in [0.15, 0.2) is 0 Å². The Hall–Kier alpha value is -6.70. The summed E-state index contributed by atoms with van der Waals surface area (Å²) in [6, 6.07) is 56.2. The maximum absolute atomic E-state index is 2.54.